The van der Waals surface area contributed by atoms with Crippen molar-refractivity contribution < 1.29 is 0 Å². The molecule has 1 aliphatic rings. The lowest BCUT2D eigenvalue weighted by atomic mass is 9.97. The van der Waals surface area contributed by atoms with Gasteiger partial charge >= 0.3 is 0 Å². The molecule has 19 heavy (non-hydrogen) atoms. The predicted octanol–water partition coefficient (Wildman–Crippen LogP) is 3.25. The number of hydrogen-bond donors (Lipinski definition) is 2. The van der Waals surface area contributed by atoms with Gasteiger partial charge in [0, 0.05) is 11.6 Å². The van der Waals surface area contributed by atoms with E-state index >= 15 is 0 Å². The standard InChI is InChI=1S/C16H21N3/c1-10-4-7-14(12(3)11(10)2)15-8-18-16(19-15)9-17-13-5-6-13/h4,7-8,13,17H,5-6,9H2,1-3H3,(H,18,19). The quantitative estimate of drug-likeness (QED) is 0.880. The summed E-state index contributed by atoms with van der Waals surface area (Å²) in [6, 6.07) is 5.08. The first-order chi connectivity index (χ1) is 9.15. The lowest BCUT2D eigenvalue weighted by Crippen LogP contribution is -2.16. The largest absolute Gasteiger partial charge is 0.341 e. The van der Waals surface area contributed by atoms with Crippen molar-refractivity contribution in [2.45, 2.75) is 46.2 Å². The summed E-state index contributed by atoms with van der Waals surface area (Å²) < 4.78 is 0. The number of hydrogen-bond acceptors (Lipinski definition) is 2. The van der Waals surface area contributed by atoms with Gasteiger partial charge < -0.3 is 10.3 Å². The van der Waals surface area contributed by atoms with E-state index in [1.54, 1.807) is 0 Å². The summed E-state index contributed by atoms with van der Waals surface area (Å²) in [5, 5.41) is 3.48. The Bertz CT molecular complexity index is 594. The van der Waals surface area contributed by atoms with Crippen molar-refractivity contribution in [3.8, 4) is 11.3 Å². The molecule has 0 bridgehead atoms. The molecule has 1 heterocycles. The first-order valence-electron chi connectivity index (χ1n) is 6.99. The average molecular weight is 255 g/mol. The molecule has 0 amide bonds. The number of aromatic amines is 1. The summed E-state index contributed by atoms with van der Waals surface area (Å²) >= 11 is 0. The van der Waals surface area contributed by atoms with Crippen LogP contribution in [0, 0.1) is 20.8 Å². The third-order valence-corrected chi connectivity index (χ3v) is 4.11. The topological polar surface area (TPSA) is 40.7 Å². The molecule has 2 N–H and O–H groups in total. The van der Waals surface area contributed by atoms with Crippen LogP contribution in [0.5, 0.6) is 0 Å². The maximum atomic E-state index is 4.47. The van der Waals surface area contributed by atoms with Crippen LogP contribution in [0.4, 0.5) is 0 Å². The van der Waals surface area contributed by atoms with E-state index in [1.807, 2.05) is 6.20 Å². The second-order valence-electron chi connectivity index (χ2n) is 5.58. The molecule has 1 aromatic heterocycles. The van der Waals surface area contributed by atoms with Gasteiger partial charge in [-0.1, -0.05) is 12.1 Å². The van der Waals surface area contributed by atoms with Gasteiger partial charge in [0.25, 0.3) is 0 Å². The first-order valence-corrected chi connectivity index (χ1v) is 6.99. The fourth-order valence-electron chi connectivity index (χ4n) is 2.37. The van der Waals surface area contributed by atoms with Crippen molar-refractivity contribution in [3.63, 3.8) is 0 Å². The van der Waals surface area contributed by atoms with Gasteiger partial charge in [0.15, 0.2) is 0 Å². The van der Waals surface area contributed by atoms with Crippen LogP contribution < -0.4 is 5.32 Å². The third-order valence-electron chi connectivity index (χ3n) is 4.11. The highest BCUT2D eigenvalue weighted by Crippen LogP contribution is 2.26. The molecule has 1 saturated carbocycles. The van der Waals surface area contributed by atoms with E-state index in [0.29, 0.717) is 0 Å². The number of imidazole rings is 1. The van der Waals surface area contributed by atoms with E-state index in [0.717, 1.165) is 24.1 Å². The van der Waals surface area contributed by atoms with Crippen LogP contribution in [0.15, 0.2) is 18.3 Å². The van der Waals surface area contributed by atoms with Gasteiger partial charge in [-0.3, -0.25) is 0 Å². The molecule has 1 aliphatic carbocycles. The molecule has 0 saturated heterocycles. The van der Waals surface area contributed by atoms with Gasteiger partial charge in [0.2, 0.25) is 0 Å². The minimum absolute atomic E-state index is 0.719. The Morgan fingerprint density at radius 2 is 2.00 bits per heavy atom. The summed E-state index contributed by atoms with van der Waals surface area (Å²) in [4.78, 5) is 7.89. The first kappa shape index (κ1) is 12.4. The molecule has 1 fully saturated rings. The lowest BCUT2D eigenvalue weighted by Gasteiger charge is -2.09. The van der Waals surface area contributed by atoms with Crippen molar-refractivity contribution >= 4 is 0 Å². The van der Waals surface area contributed by atoms with Crippen LogP contribution in [-0.4, -0.2) is 16.0 Å². The molecule has 3 rings (SSSR count). The highest BCUT2D eigenvalue weighted by atomic mass is 15.0. The van der Waals surface area contributed by atoms with Gasteiger partial charge in [-0.05, 0) is 50.3 Å². The molecular weight excluding hydrogens is 234 g/mol. The van der Waals surface area contributed by atoms with E-state index < -0.39 is 0 Å². The fourth-order valence-corrected chi connectivity index (χ4v) is 2.37. The monoisotopic (exact) mass is 255 g/mol. The van der Waals surface area contributed by atoms with E-state index in [-0.39, 0.29) is 0 Å². The predicted molar refractivity (Wildman–Crippen MR) is 78.1 cm³/mol. The smallest absolute Gasteiger partial charge is 0.120 e. The molecule has 1 aromatic carbocycles. The van der Waals surface area contributed by atoms with Crippen molar-refractivity contribution in [3.05, 3.63) is 40.8 Å². The maximum absolute atomic E-state index is 4.47. The molecule has 100 valence electrons. The Morgan fingerprint density at radius 3 is 2.74 bits per heavy atom. The van der Waals surface area contributed by atoms with E-state index in [9.17, 15) is 0 Å². The molecule has 0 spiro atoms. The number of benzene rings is 1. The van der Waals surface area contributed by atoms with Gasteiger partial charge in [0.1, 0.15) is 5.82 Å². The molecule has 0 atom stereocenters. The second-order valence-corrected chi connectivity index (χ2v) is 5.58. The number of nitrogens with zero attached hydrogens (tertiary/aromatic N) is 1. The van der Waals surface area contributed by atoms with Crippen LogP contribution in [0.3, 0.4) is 0 Å². The average Bonchev–Trinajstić information content (AvgIpc) is 3.12. The normalized spacial score (nSPS) is 14.9. The summed E-state index contributed by atoms with van der Waals surface area (Å²) in [6.45, 7) is 7.36. The zero-order valence-electron chi connectivity index (χ0n) is 11.9. The highest BCUT2D eigenvalue weighted by molar-refractivity contribution is 5.65. The molecule has 2 aromatic rings. The van der Waals surface area contributed by atoms with Crippen LogP contribution >= 0.6 is 0 Å². The Kier molecular flexibility index (Phi) is 3.15. The van der Waals surface area contributed by atoms with Gasteiger partial charge in [-0.2, -0.15) is 0 Å². The van der Waals surface area contributed by atoms with Crippen LogP contribution in [0.2, 0.25) is 0 Å². The van der Waals surface area contributed by atoms with Crippen molar-refractivity contribution in [1.29, 1.82) is 0 Å². The van der Waals surface area contributed by atoms with Crippen LogP contribution in [0.1, 0.15) is 35.4 Å². The summed E-state index contributed by atoms with van der Waals surface area (Å²) in [7, 11) is 0. The molecule has 0 unspecified atom stereocenters. The van der Waals surface area contributed by atoms with Crippen LogP contribution in [-0.2, 0) is 6.54 Å². The fraction of sp³-hybridized carbons (Fsp3) is 0.438. The van der Waals surface area contributed by atoms with Crippen molar-refractivity contribution in [2.24, 2.45) is 0 Å². The van der Waals surface area contributed by atoms with Crippen molar-refractivity contribution in [1.82, 2.24) is 15.3 Å². The number of nitrogens with one attached hydrogen (secondary N) is 2. The van der Waals surface area contributed by atoms with Crippen LogP contribution in [0.25, 0.3) is 11.3 Å². The minimum Gasteiger partial charge on any atom is -0.341 e. The second kappa shape index (κ2) is 4.82. The number of rotatable bonds is 4. The molecule has 3 heteroatoms. The number of H-pyrrole nitrogens is 1. The molecular formula is C16H21N3. The Balaban J connectivity index is 1.83. The maximum Gasteiger partial charge on any atom is 0.120 e. The SMILES string of the molecule is Cc1ccc(-c2cnc(CNC3CC3)[nH]2)c(C)c1C. The van der Waals surface area contributed by atoms with Gasteiger partial charge in [-0.25, -0.2) is 4.98 Å². The number of aromatic nitrogens is 2. The van der Waals surface area contributed by atoms with Gasteiger partial charge in [-0.15, -0.1) is 0 Å². The van der Waals surface area contributed by atoms with E-state index in [4.69, 9.17) is 0 Å². The Labute approximate surface area is 114 Å². The highest BCUT2D eigenvalue weighted by Gasteiger charge is 2.20. The summed E-state index contributed by atoms with van der Waals surface area (Å²) in [6.07, 6.45) is 4.56. The summed E-state index contributed by atoms with van der Waals surface area (Å²) in [5.41, 5.74) is 6.42. The zero-order valence-corrected chi connectivity index (χ0v) is 11.9. The number of aryl methyl sites for hydroxylation is 1. The molecule has 0 radical (unpaired) electrons. The minimum atomic E-state index is 0.719. The molecule has 3 nitrogen and oxygen atoms in total. The Morgan fingerprint density at radius 1 is 1.21 bits per heavy atom. The lowest BCUT2D eigenvalue weighted by molar-refractivity contribution is 0.664. The van der Waals surface area contributed by atoms with E-state index in [1.165, 1.54) is 35.1 Å². The molecule has 0 aliphatic heterocycles. The third kappa shape index (κ3) is 2.56. The van der Waals surface area contributed by atoms with Crippen molar-refractivity contribution in [2.75, 3.05) is 0 Å². The van der Waals surface area contributed by atoms with Gasteiger partial charge in [0.05, 0.1) is 18.4 Å². The zero-order chi connectivity index (χ0) is 13.4. The summed E-state index contributed by atoms with van der Waals surface area (Å²) in [5.74, 6) is 1.03. The Hall–Kier alpha value is -1.61. The van der Waals surface area contributed by atoms with E-state index in [2.05, 4.69) is 48.2 Å².